The highest BCUT2D eigenvalue weighted by molar-refractivity contribution is 5.95. The Morgan fingerprint density at radius 1 is 1.04 bits per heavy atom. The first kappa shape index (κ1) is 16.4. The number of halogens is 2. The largest absolute Gasteiger partial charge is 0.497 e. The van der Waals surface area contributed by atoms with Gasteiger partial charge in [0.1, 0.15) is 23.1 Å². The van der Waals surface area contributed by atoms with Crippen LogP contribution in [0.5, 0.6) is 5.75 Å². The van der Waals surface area contributed by atoms with Crippen LogP contribution in [0.25, 0.3) is 0 Å². The van der Waals surface area contributed by atoms with Gasteiger partial charge in [0, 0.05) is 0 Å². The predicted octanol–water partition coefficient (Wildman–Crippen LogP) is 2.77. The number of carbonyl (C=O) groups excluding carboxylic acids is 2. The molecule has 0 fully saturated rings. The van der Waals surface area contributed by atoms with Crippen molar-refractivity contribution in [3.05, 3.63) is 59.7 Å². The maximum Gasteiger partial charge on any atom is 0.338 e. The van der Waals surface area contributed by atoms with Crippen molar-refractivity contribution in [3.63, 3.8) is 0 Å². The van der Waals surface area contributed by atoms with Gasteiger partial charge in [0.2, 0.25) is 0 Å². The van der Waals surface area contributed by atoms with Gasteiger partial charge in [-0.05, 0) is 36.4 Å². The smallest absolute Gasteiger partial charge is 0.338 e. The van der Waals surface area contributed by atoms with E-state index in [0.717, 1.165) is 12.1 Å². The third-order valence-corrected chi connectivity index (χ3v) is 2.89. The predicted molar refractivity (Wildman–Crippen MR) is 78.3 cm³/mol. The molecule has 0 aromatic heterocycles. The van der Waals surface area contributed by atoms with Crippen LogP contribution in [0.2, 0.25) is 0 Å². The van der Waals surface area contributed by atoms with Gasteiger partial charge >= 0.3 is 5.97 Å². The normalized spacial score (nSPS) is 10.0. The van der Waals surface area contributed by atoms with Crippen LogP contribution in [0.3, 0.4) is 0 Å². The number of para-hydroxylation sites is 1. The highest BCUT2D eigenvalue weighted by Crippen LogP contribution is 2.18. The third kappa shape index (κ3) is 4.26. The Hall–Kier alpha value is -2.96. The van der Waals surface area contributed by atoms with Crippen LogP contribution in [-0.4, -0.2) is 25.6 Å². The number of methoxy groups -OCH3 is 1. The molecule has 5 nitrogen and oxygen atoms in total. The van der Waals surface area contributed by atoms with Crippen LogP contribution in [-0.2, 0) is 9.53 Å². The Morgan fingerprint density at radius 3 is 2.22 bits per heavy atom. The Balaban J connectivity index is 1.92. The van der Waals surface area contributed by atoms with Crippen molar-refractivity contribution >= 4 is 17.6 Å². The van der Waals surface area contributed by atoms with Crippen LogP contribution in [0.15, 0.2) is 42.5 Å². The van der Waals surface area contributed by atoms with Gasteiger partial charge in [-0.15, -0.1) is 0 Å². The van der Waals surface area contributed by atoms with Crippen molar-refractivity contribution in [3.8, 4) is 5.75 Å². The molecule has 0 unspecified atom stereocenters. The van der Waals surface area contributed by atoms with E-state index >= 15 is 0 Å². The molecule has 0 radical (unpaired) electrons. The molecule has 7 heteroatoms. The number of nitrogens with one attached hydrogen (secondary N) is 1. The minimum Gasteiger partial charge on any atom is -0.497 e. The van der Waals surface area contributed by atoms with E-state index in [1.165, 1.54) is 25.3 Å². The van der Waals surface area contributed by atoms with E-state index in [-0.39, 0.29) is 5.56 Å². The number of ether oxygens (including phenoxy) is 2. The lowest BCUT2D eigenvalue weighted by atomic mass is 10.2. The van der Waals surface area contributed by atoms with Crippen LogP contribution in [0.1, 0.15) is 10.4 Å². The number of carbonyl (C=O) groups is 2. The van der Waals surface area contributed by atoms with Crippen LogP contribution < -0.4 is 10.1 Å². The van der Waals surface area contributed by atoms with Crippen molar-refractivity contribution in [1.82, 2.24) is 0 Å². The number of hydrogen-bond acceptors (Lipinski definition) is 4. The minimum atomic E-state index is -0.917. The number of esters is 1. The van der Waals surface area contributed by atoms with E-state index in [1.807, 2.05) is 5.32 Å². The van der Waals surface area contributed by atoms with Gasteiger partial charge < -0.3 is 14.8 Å². The molecule has 1 amide bonds. The lowest BCUT2D eigenvalue weighted by Gasteiger charge is -2.08. The fourth-order valence-electron chi connectivity index (χ4n) is 1.73. The zero-order valence-electron chi connectivity index (χ0n) is 12.1. The summed E-state index contributed by atoms with van der Waals surface area (Å²) in [4.78, 5) is 23.4. The molecule has 0 atom stereocenters. The van der Waals surface area contributed by atoms with Gasteiger partial charge in [-0.3, -0.25) is 4.79 Å². The SMILES string of the molecule is COc1ccc(C(=O)OCC(=O)Nc2c(F)cccc2F)cc1. The maximum absolute atomic E-state index is 13.4. The molecular formula is C16H13F2NO4. The van der Waals surface area contributed by atoms with Crippen molar-refractivity contribution in [1.29, 1.82) is 0 Å². The van der Waals surface area contributed by atoms with Crippen molar-refractivity contribution in [2.75, 3.05) is 19.0 Å². The first-order valence-corrected chi connectivity index (χ1v) is 6.56. The van der Waals surface area contributed by atoms with E-state index < -0.39 is 35.8 Å². The van der Waals surface area contributed by atoms with Gasteiger partial charge in [-0.2, -0.15) is 0 Å². The first-order valence-electron chi connectivity index (χ1n) is 6.56. The molecule has 0 saturated heterocycles. The number of hydrogen-bond donors (Lipinski definition) is 1. The van der Waals surface area contributed by atoms with Gasteiger partial charge in [-0.1, -0.05) is 6.07 Å². The van der Waals surface area contributed by atoms with Crippen LogP contribution in [0.4, 0.5) is 14.5 Å². The summed E-state index contributed by atoms with van der Waals surface area (Å²) in [6.07, 6.45) is 0. The first-order chi connectivity index (χ1) is 11.0. The number of rotatable bonds is 5. The molecule has 0 aliphatic carbocycles. The zero-order chi connectivity index (χ0) is 16.8. The second kappa shape index (κ2) is 7.35. The van der Waals surface area contributed by atoms with Crippen molar-refractivity contribution in [2.24, 2.45) is 0 Å². The summed E-state index contributed by atoms with van der Waals surface area (Å²) in [6.45, 7) is -0.668. The number of benzene rings is 2. The third-order valence-electron chi connectivity index (χ3n) is 2.89. The topological polar surface area (TPSA) is 64.6 Å². The Labute approximate surface area is 130 Å². The molecule has 2 aromatic rings. The lowest BCUT2D eigenvalue weighted by molar-refractivity contribution is -0.119. The van der Waals surface area contributed by atoms with E-state index in [4.69, 9.17) is 9.47 Å². The average molecular weight is 321 g/mol. The van der Waals surface area contributed by atoms with Gasteiger partial charge in [0.15, 0.2) is 6.61 Å². The maximum atomic E-state index is 13.4. The summed E-state index contributed by atoms with van der Waals surface area (Å²) in [5.41, 5.74) is -0.367. The highest BCUT2D eigenvalue weighted by Gasteiger charge is 2.14. The van der Waals surface area contributed by atoms with E-state index in [0.29, 0.717) is 5.75 Å². The summed E-state index contributed by atoms with van der Waals surface area (Å²) in [5.74, 6) is -2.86. The zero-order valence-corrected chi connectivity index (χ0v) is 12.1. The molecule has 2 rings (SSSR count). The summed E-state index contributed by atoms with van der Waals surface area (Å²) >= 11 is 0. The summed E-state index contributed by atoms with van der Waals surface area (Å²) < 4.78 is 36.5. The fraction of sp³-hybridized carbons (Fsp3) is 0.125. The number of amides is 1. The summed E-state index contributed by atoms with van der Waals surface area (Å²) in [7, 11) is 1.49. The monoisotopic (exact) mass is 321 g/mol. The Kier molecular flexibility index (Phi) is 5.24. The average Bonchev–Trinajstić information content (AvgIpc) is 2.56. The van der Waals surface area contributed by atoms with Gasteiger partial charge in [0.05, 0.1) is 12.7 Å². The van der Waals surface area contributed by atoms with E-state index in [1.54, 1.807) is 12.1 Å². The lowest BCUT2D eigenvalue weighted by Crippen LogP contribution is -2.22. The molecule has 2 aromatic carbocycles. The Morgan fingerprint density at radius 2 is 1.65 bits per heavy atom. The van der Waals surface area contributed by atoms with Crippen LogP contribution >= 0.6 is 0 Å². The fourth-order valence-corrected chi connectivity index (χ4v) is 1.73. The second-order valence-electron chi connectivity index (χ2n) is 4.45. The summed E-state index contributed by atoms with van der Waals surface area (Å²) in [5, 5.41) is 2.02. The van der Waals surface area contributed by atoms with E-state index in [9.17, 15) is 18.4 Å². The number of anilines is 1. The van der Waals surface area contributed by atoms with Crippen LogP contribution in [0, 0.1) is 11.6 Å². The molecule has 0 bridgehead atoms. The molecule has 0 heterocycles. The van der Waals surface area contributed by atoms with Gasteiger partial charge in [0.25, 0.3) is 5.91 Å². The second-order valence-corrected chi connectivity index (χ2v) is 4.45. The van der Waals surface area contributed by atoms with Gasteiger partial charge in [-0.25, -0.2) is 13.6 Å². The minimum absolute atomic E-state index is 0.218. The molecular weight excluding hydrogens is 308 g/mol. The highest BCUT2D eigenvalue weighted by atomic mass is 19.1. The molecule has 1 N–H and O–H groups in total. The van der Waals surface area contributed by atoms with Crippen molar-refractivity contribution < 1.29 is 27.8 Å². The molecule has 0 aliphatic rings. The van der Waals surface area contributed by atoms with E-state index in [2.05, 4.69) is 0 Å². The Bertz CT molecular complexity index is 696. The molecule has 23 heavy (non-hydrogen) atoms. The molecule has 0 saturated carbocycles. The standard InChI is InChI=1S/C16H13F2NO4/c1-22-11-7-5-10(6-8-11)16(21)23-9-14(20)19-15-12(17)3-2-4-13(15)18/h2-8H,9H2,1H3,(H,19,20). The summed E-state index contributed by atoms with van der Waals surface area (Å²) in [6, 6.07) is 9.23. The molecule has 0 aliphatic heterocycles. The van der Waals surface area contributed by atoms with Crippen molar-refractivity contribution in [2.45, 2.75) is 0 Å². The molecule has 0 spiro atoms. The molecule has 120 valence electrons. The quantitative estimate of drug-likeness (QED) is 0.860.